The van der Waals surface area contributed by atoms with Gasteiger partial charge in [-0.05, 0) is 66.9 Å². The summed E-state index contributed by atoms with van der Waals surface area (Å²) in [7, 11) is 0. The molecule has 1 saturated carbocycles. The molecule has 32 heavy (non-hydrogen) atoms. The van der Waals surface area contributed by atoms with E-state index < -0.39 is 0 Å². The molecule has 0 unspecified atom stereocenters. The molecule has 3 fully saturated rings. The van der Waals surface area contributed by atoms with Crippen molar-refractivity contribution in [1.82, 2.24) is 14.8 Å². The van der Waals surface area contributed by atoms with Crippen LogP contribution >= 0.6 is 15.9 Å². The molecule has 172 valence electrons. The Bertz CT molecular complexity index is 959. The Kier molecular flexibility index (Phi) is 6.98. The Labute approximate surface area is 198 Å². The summed E-state index contributed by atoms with van der Waals surface area (Å²) in [5, 5.41) is 13.6. The van der Waals surface area contributed by atoms with Crippen molar-refractivity contribution in [3.05, 3.63) is 22.5 Å². The number of nitriles is 1. The molecule has 2 aliphatic heterocycles. The molecular weight excluding hydrogens is 470 g/mol. The van der Waals surface area contributed by atoms with Crippen LogP contribution in [0.15, 0.2) is 21.2 Å². The number of piperidine rings is 1. The second kappa shape index (κ2) is 10.1. The molecule has 2 aromatic heterocycles. The quantitative estimate of drug-likeness (QED) is 0.656. The van der Waals surface area contributed by atoms with E-state index in [2.05, 4.69) is 42.1 Å². The zero-order valence-electron chi connectivity index (χ0n) is 18.6. The van der Waals surface area contributed by atoms with Crippen LogP contribution in [0.2, 0.25) is 0 Å². The van der Waals surface area contributed by atoms with Gasteiger partial charge in [0.2, 0.25) is 5.76 Å². The Hall–Kier alpha value is -1.66. The summed E-state index contributed by atoms with van der Waals surface area (Å²) in [4.78, 5) is 9.91. The number of hydrogen-bond donors (Lipinski definition) is 1. The monoisotopic (exact) mass is 501 g/mol. The Morgan fingerprint density at radius 3 is 2.75 bits per heavy atom. The van der Waals surface area contributed by atoms with Crippen LogP contribution in [0.5, 0.6) is 0 Å². The molecular formula is C24H32BrN5O2. The highest BCUT2D eigenvalue weighted by Crippen LogP contribution is 2.34. The SMILES string of the molecule is N#Cc1cc2c(Br)c(NC3CCC(N4CCC[C@@H](CN5CCOCC5)C4)CC3)ncc2o1. The Balaban J connectivity index is 1.14. The number of furan rings is 1. The lowest BCUT2D eigenvalue weighted by molar-refractivity contribution is 0.0172. The van der Waals surface area contributed by atoms with Gasteiger partial charge in [0.15, 0.2) is 5.58 Å². The van der Waals surface area contributed by atoms with Gasteiger partial charge in [0.25, 0.3) is 0 Å². The van der Waals surface area contributed by atoms with E-state index >= 15 is 0 Å². The molecule has 0 bridgehead atoms. The molecule has 1 N–H and O–H groups in total. The Morgan fingerprint density at radius 2 is 1.97 bits per heavy atom. The van der Waals surface area contributed by atoms with E-state index in [-0.39, 0.29) is 0 Å². The minimum Gasteiger partial charge on any atom is -0.444 e. The first-order valence-electron chi connectivity index (χ1n) is 12.0. The largest absolute Gasteiger partial charge is 0.444 e. The van der Waals surface area contributed by atoms with E-state index in [1.54, 1.807) is 12.3 Å². The third kappa shape index (κ3) is 4.96. The maximum absolute atomic E-state index is 9.08. The highest BCUT2D eigenvalue weighted by atomic mass is 79.9. The topological polar surface area (TPSA) is 77.6 Å². The molecule has 2 saturated heterocycles. The maximum atomic E-state index is 9.08. The first-order chi connectivity index (χ1) is 15.7. The zero-order valence-corrected chi connectivity index (χ0v) is 20.1. The summed E-state index contributed by atoms with van der Waals surface area (Å²) < 4.78 is 11.9. The lowest BCUT2D eigenvalue weighted by Crippen LogP contribution is -2.48. The second-order valence-corrected chi connectivity index (χ2v) is 10.3. The highest BCUT2D eigenvalue weighted by molar-refractivity contribution is 9.10. The fourth-order valence-electron chi connectivity index (χ4n) is 5.64. The number of nitrogens with one attached hydrogen (secondary N) is 1. The van der Waals surface area contributed by atoms with Gasteiger partial charge >= 0.3 is 0 Å². The van der Waals surface area contributed by atoms with Crippen molar-refractivity contribution in [2.45, 2.75) is 50.6 Å². The van der Waals surface area contributed by atoms with E-state index in [0.29, 0.717) is 23.4 Å². The number of pyridine rings is 1. The molecule has 1 aliphatic carbocycles. The summed E-state index contributed by atoms with van der Waals surface area (Å²) in [6, 6.07) is 4.98. The Morgan fingerprint density at radius 1 is 1.16 bits per heavy atom. The molecule has 5 rings (SSSR count). The molecule has 8 heteroatoms. The van der Waals surface area contributed by atoms with Crippen molar-refractivity contribution < 1.29 is 9.15 Å². The number of ether oxygens (including phenoxy) is 1. The van der Waals surface area contributed by atoms with Crippen LogP contribution in [0.25, 0.3) is 11.0 Å². The fourth-order valence-corrected chi connectivity index (χ4v) is 6.17. The molecule has 7 nitrogen and oxygen atoms in total. The van der Waals surface area contributed by atoms with Gasteiger partial charge in [-0.15, -0.1) is 0 Å². The second-order valence-electron chi connectivity index (χ2n) is 9.49. The van der Waals surface area contributed by atoms with Crippen molar-refractivity contribution >= 4 is 32.7 Å². The van der Waals surface area contributed by atoms with Gasteiger partial charge in [-0.1, -0.05) is 0 Å². The van der Waals surface area contributed by atoms with E-state index in [1.165, 1.54) is 45.3 Å². The average Bonchev–Trinajstić information content (AvgIpc) is 3.27. The van der Waals surface area contributed by atoms with Crippen molar-refractivity contribution in [1.29, 1.82) is 5.26 Å². The molecule has 0 amide bonds. The molecule has 0 radical (unpaired) electrons. The number of hydrogen-bond acceptors (Lipinski definition) is 7. The number of morpholine rings is 1. The van der Waals surface area contributed by atoms with Gasteiger partial charge < -0.3 is 19.4 Å². The van der Waals surface area contributed by atoms with Crippen LogP contribution in [0.1, 0.15) is 44.3 Å². The predicted octanol–water partition coefficient (Wildman–Crippen LogP) is 4.23. The van der Waals surface area contributed by atoms with E-state index in [1.807, 2.05) is 0 Å². The van der Waals surface area contributed by atoms with Gasteiger partial charge in [0, 0.05) is 49.7 Å². The fraction of sp³-hybridized carbons (Fsp3) is 0.667. The highest BCUT2D eigenvalue weighted by Gasteiger charge is 2.31. The van der Waals surface area contributed by atoms with Gasteiger partial charge in [0.1, 0.15) is 11.9 Å². The van der Waals surface area contributed by atoms with Crippen molar-refractivity contribution in [3.63, 3.8) is 0 Å². The van der Waals surface area contributed by atoms with Crippen molar-refractivity contribution in [3.8, 4) is 6.07 Å². The van der Waals surface area contributed by atoms with Crippen LogP contribution in [0, 0.1) is 17.2 Å². The molecule has 3 aliphatic rings. The number of rotatable bonds is 5. The van der Waals surface area contributed by atoms with Gasteiger partial charge in [0.05, 0.1) is 23.9 Å². The first kappa shape index (κ1) is 22.1. The normalized spacial score (nSPS) is 27.9. The third-order valence-corrected chi connectivity index (χ3v) is 8.15. The summed E-state index contributed by atoms with van der Waals surface area (Å²) in [6.07, 6.45) is 9.22. The van der Waals surface area contributed by atoms with Crippen molar-refractivity contribution in [2.24, 2.45) is 5.92 Å². The smallest absolute Gasteiger partial charge is 0.204 e. The van der Waals surface area contributed by atoms with Crippen LogP contribution in [-0.2, 0) is 4.74 Å². The molecule has 0 aromatic carbocycles. The summed E-state index contributed by atoms with van der Waals surface area (Å²) in [5.74, 6) is 1.96. The molecule has 2 aromatic rings. The number of fused-ring (bicyclic) bond motifs is 1. The zero-order chi connectivity index (χ0) is 21.9. The average molecular weight is 502 g/mol. The van der Waals surface area contributed by atoms with E-state index in [4.69, 9.17) is 14.4 Å². The predicted molar refractivity (Wildman–Crippen MR) is 128 cm³/mol. The minimum absolute atomic E-state index is 0.314. The minimum atomic E-state index is 0.314. The first-order valence-corrected chi connectivity index (χ1v) is 12.8. The van der Waals surface area contributed by atoms with Crippen molar-refractivity contribution in [2.75, 3.05) is 51.3 Å². The standard InChI is InChI=1S/C24H32BrN5O2/c25-23-21-12-20(13-26)32-22(21)14-27-24(23)28-18-3-5-19(6-4-18)30-7-1-2-17(16-30)15-29-8-10-31-11-9-29/h12,14,17-19H,1-11,15-16H2,(H,27,28)/t17-,18?,19?/m0/s1. The summed E-state index contributed by atoms with van der Waals surface area (Å²) in [5.41, 5.74) is 0.638. The summed E-state index contributed by atoms with van der Waals surface area (Å²) >= 11 is 3.66. The summed E-state index contributed by atoms with van der Waals surface area (Å²) in [6.45, 7) is 7.73. The lowest BCUT2D eigenvalue weighted by atomic mass is 9.87. The molecule has 4 heterocycles. The van der Waals surface area contributed by atoms with Gasteiger partial charge in [-0.2, -0.15) is 5.26 Å². The lowest BCUT2D eigenvalue weighted by Gasteiger charge is -2.43. The third-order valence-electron chi connectivity index (χ3n) is 7.35. The molecule has 1 atom stereocenters. The van der Waals surface area contributed by atoms with Crippen LogP contribution in [0.4, 0.5) is 5.82 Å². The number of likely N-dealkylation sites (tertiary alicyclic amines) is 1. The van der Waals surface area contributed by atoms with Crippen LogP contribution in [0.3, 0.4) is 0 Å². The molecule has 0 spiro atoms. The van der Waals surface area contributed by atoms with Gasteiger partial charge in [-0.25, -0.2) is 4.98 Å². The number of nitrogens with zero attached hydrogens (tertiary/aromatic N) is 4. The number of aromatic nitrogens is 1. The van der Waals surface area contributed by atoms with E-state index in [9.17, 15) is 0 Å². The van der Waals surface area contributed by atoms with Gasteiger partial charge in [-0.3, -0.25) is 4.90 Å². The number of anilines is 1. The van der Waals surface area contributed by atoms with Crippen LogP contribution < -0.4 is 5.32 Å². The maximum Gasteiger partial charge on any atom is 0.204 e. The van der Waals surface area contributed by atoms with E-state index in [0.717, 1.165) is 60.7 Å². The number of halogens is 1. The van der Waals surface area contributed by atoms with Crippen LogP contribution in [-0.4, -0.2) is 72.8 Å².